The first-order chi connectivity index (χ1) is 10.3. The predicted octanol–water partition coefficient (Wildman–Crippen LogP) is 2.49. The first-order valence-corrected chi connectivity index (χ1v) is 6.59. The van der Waals surface area contributed by atoms with Crippen LogP contribution in [-0.4, -0.2) is 29.8 Å². The fourth-order valence-corrected chi connectivity index (χ4v) is 2.32. The minimum Gasteiger partial charge on any atom is -0.276 e. The van der Waals surface area contributed by atoms with E-state index in [2.05, 4.69) is 25.3 Å². The molecule has 0 saturated heterocycles. The van der Waals surface area contributed by atoms with Gasteiger partial charge in [0.1, 0.15) is 0 Å². The van der Waals surface area contributed by atoms with Gasteiger partial charge in [0.2, 0.25) is 0 Å². The normalized spacial score (nSPS) is 11.1. The zero-order chi connectivity index (χ0) is 14.2. The number of hydrogen-bond acceptors (Lipinski definition) is 4. The first-order valence-electron chi connectivity index (χ1n) is 6.59. The van der Waals surface area contributed by atoms with Crippen LogP contribution >= 0.6 is 0 Å². The summed E-state index contributed by atoms with van der Waals surface area (Å²) in [4.78, 5) is 8.73. The molecule has 0 amide bonds. The van der Waals surface area contributed by atoms with Crippen molar-refractivity contribution in [3.63, 3.8) is 0 Å². The molecule has 6 heteroatoms. The Balaban J connectivity index is 1.88. The van der Waals surface area contributed by atoms with Gasteiger partial charge in [-0.3, -0.25) is 10.1 Å². The van der Waals surface area contributed by atoms with Crippen molar-refractivity contribution in [2.24, 2.45) is 0 Å². The van der Waals surface area contributed by atoms with Crippen LogP contribution in [0.15, 0.2) is 48.9 Å². The van der Waals surface area contributed by atoms with Crippen molar-refractivity contribution in [3.05, 3.63) is 54.6 Å². The maximum Gasteiger partial charge on any atom is 0.153 e. The largest absolute Gasteiger partial charge is 0.276 e. The number of nitrogens with zero attached hydrogens (tertiary/aromatic N) is 5. The van der Waals surface area contributed by atoms with Crippen molar-refractivity contribution in [3.8, 4) is 22.6 Å². The summed E-state index contributed by atoms with van der Waals surface area (Å²) in [7, 11) is 0. The third-order valence-electron chi connectivity index (χ3n) is 3.31. The number of aromatic amines is 1. The van der Waals surface area contributed by atoms with Crippen molar-refractivity contribution < 1.29 is 0 Å². The van der Waals surface area contributed by atoms with Gasteiger partial charge >= 0.3 is 0 Å². The van der Waals surface area contributed by atoms with Gasteiger partial charge in [-0.05, 0) is 31.2 Å². The lowest BCUT2D eigenvalue weighted by atomic mass is 10.1. The highest BCUT2D eigenvalue weighted by atomic mass is 15.2. The number of hydrogen-bond donors (Lipinski definition) is 1. The third kappa shape index (κ3) is 1.97. The maximum atomic E-state index is 4.55. The molecule has 0 aliphatic heterocycles. The zero-order valence-electron chi connectivity index (χ0n) is 11.4. The Morgan fingerprint density at radius 2 is 2.05 bits per heavy atom. The molecule has 0 bridgehead atoms. The van der Waals surface area contributed by atoms with Gasteiger partial charge in [0.15, 0.2) is 5.65 Å². The minimum absolute atomic E-state index is 0.817. The number of pyridine rings is 1. The van der Waals surface area contributed by atoms with E-state index in [4.69, 9.17) is 0 Å². The molecule has 6 nitrogen and oxygen atoms in total. The van der Waals surface area contributed by atoms with Crippen molar-refractivity contribution in [1.82, 2.24) is 29.8 Å². The molecule has 0 radical (unpaired) electrons. The van der Waals surface area contributed by atoms with Crippen LogP contribution in [0.3, 0.4) is 0 Å². The molecule has 4 heterocycles. The molecule has 0 aliphatic rings. The molecule has 0 aliphatic carbocycles. The molecule has 0 spiro atoms. The van der Waals surface area contributed by atoms with E-state index in [0.717, 1.165) is 34.0 Å². The highest BCUT2D eigenvalue weighted by Gasteiger charge is 2.13. The van der Waals surface area contributed by atoms with Crippen molar-refractivity contribution in [2.75, 3.05) is 0 Å². The zero-order valence-corrected chi connectivity index (χ0v) is 11.4. The smallest absolute Gasteiger partial charge is 0.153 e. The summed E-state index contributed by atoms with van der Waals surface area (Å²) in [5.74, 6) is 0. The van der Waals surface area contributed by atoms with Gasteiger partial charge in [0.25, 0.3) is 0 Å². The fourth-order valence-electron chi connectivity index (χ4n) is 2.32. The molecule has 102 valence electrons. The number of fused-ring (bicyclic) bond motifs is 1. The van der Waals surface area contributed by atoms with E-state index in [-0.39, 0.29) is 0 Å². The van der Waals surface area contributed by atoms with E-state index in [9.17, 15) is 0 Å². The van der Waals surface area contributed by atoms with Crippen LogP contribution < -0.4 is 0 Å². The number of aromatic nitrogens is 6. The molecule has 0 aromatic carbocycles. The summed E-state index contributed by atoms with van der Waals surface area (Å²) in [5, 5.41) is 11.7. The molecular formula is C15H12N6. The summed E-state index contributed by atoms with van der Waals surface area (Å²) in [6.45, 7) is 1.97. The van der Waals surface area contributed by atoms with Gasteiger partial charge < -0.3 is 0 Å². The Kier molecular flexibility index (Phi) is 2.53. The second-order valence-corrected chi connectivity index (χ2v) is 4.77. The maximum absolute atomic E-state index is 4.55. The average Bonchev–Trinajstić information content (AvgIpc) is 3.15. The van der Waals surface area contributed by atoms with E-state index < -0.39 is 0 Å². The molecule has 0 unspecified atom stereocenters. The van der Waals surface area contributed by atoms with E-state index >= 15 is 0 Å². The standard InChI is InChI=1S/C15H12N6/c1-10-3-2-4-13(18-10)15-11(9-17-19-15)12-5-6-14-16-7-8-21(14)20-12/h2-9H,1H3,(H,17,19). The lowest BCUT2D eigenvalue weighted by molar-refractivity contribution is 0.942. The summed E-state index contributed by atoms with van der Waals surface area (Å²) >= 11 is 0. The topological polar surface area (TPSA) is 71.8 Å². The molecule has 4 rings (SSSR count). The van der Waals surface area contributed by atoms with E-state index in [0.29, 0.717) is 0 Å². The molecule has 1 N–H and O–H groups in total. The molecule has 0 atom stereocenters. The highest BCUT2D eigenvalue weighted by molar-refractivity contribution is 5.76. The minimum atomic E-state index is 0.817. The molecular weight excluding hydrogens is 264 g/mol. The average molecular weight is 276 g/mol. The van der Waals surface area contributed by atoms with Crippen LogP contribution in [0.5, 0.6) is 0 Å². The van der Waals surface area contributed by atoms with Gasteiger partial charge in [0, 0.05) is 23.7 Å². The van der Waals surface area contributed by atoms with Crippen LogP contribution in [0.2, 0.25) is 0 Å². The monoisotopic (exact) mass is 276 g/mol. The Hall–Kier alpha value is -3.02. The summed E-state index contributed by atoms with van der Waals surface area (Å²) < 4.78 is 1.75. The second-order valence-electron chi connectivity index (χ2n) is 4.77. The second kappa shape index (κ2) is 4.52. The van der Waals surface area contributed by atoms with Crippen LogP contribution in [-0.2, 0) is 0 Å². The van der Waals surface area contributed by atoms with E-state index in [1.165, 1.54) is 0 Å². The number of nitrogens with one attached hydrogen (secondary N) is 1. The van der Waals surface area contributed by atoms with Crippen molar-refractivity contribution >= 4 is 5.65 Å². The molecule has 0 saturated carbocycles. The van der Waals surface area contributed by atoms with Crippen molar-refractivity contribution in [2.45, 2.75) is 6.92 Å². The molecule has 21 heavy (non-hydrogen) atoms. The van der Waals surface area contributed by atoms with E-state index in [1.54, 1.807) is 16.9 Å². The quantitative estimate of drug-likeness (QED) is 0.610. The number of imidazole rings is 1. The predicted molar refractivity (Wildman–Crippen MR) is 78.5 cm³/mol. The highest BCUT2D eigenvalue weighted by Crippen LogP contribution is 2.27. The first kappa shape index (κ1) is 11.8. The Morgan fingerprint density at radius 3 is 2.95 bits per heavy atom. The number of rotatable bonds is 2. The lowest BCUT2D eigenvalue weighted by Gasteiger charge is -2.04. The SMILES string of the molecule is Cc1cccc(-c2[nH]ncc2-c2ccc3nccn3n2)n1. The summed E-state index contributed by atoms with van der Waals surface area (Å²) in [5.41, 5.74) is 5.25. The van der Waals surface area contributed by atoms with Gasteiger partial charge in [-0.1, -0.05) is 6.07 Å². The molecule has 4 aromatic heterocycles. The van der Waals surface area contributed by atoms with Crippen LogP contribution in [0, 0.1) is 6.92 Å². The van der Waals surface area contributed by atoms with E-state index in [1.807, 2.05) is 43.5 Å². The van der Waals surface area contributed by atoms with Gasteiger partial charge in [0.05, 0.1) is 23.3 Å². The Labute approximate surface area is 120 Å². The summed E-state index contributed by atoms with van der Waals surface area (Å²) in [6.07, 6.45) is 5.32. The molecule has 0 fully saturated rings. The number of H-pyrrole nitrogens is 1. The van der Waals surface area contributed by atoms with Crippen LogP contribution in [0.4, 0.5) is 0 Å². The Bertz CT molecular complexity index is 920. The Morgan fingerprint density at radius 1 is 1.10 bits per heavy atom. The third-order valence-corrected chi connectivity index (χ3v) is 3.31. The summed E-state index contributed by atoms with van der Waals surface area (Å²) in [6, 6.07) is 9.78. The molecule has 4 aromatic rings. The van der Waals surface area contributed by atoms with Gasteiger partial charge in [-0.25, -0.2) is 9.50 Å². The van der Waals surface area contributed by atoms with Crippen LogP contribution in [0.1, 0.15) is 5.69 Å². The number of aryl methyl sites for hydroxylation is 1. The van der Waals surface area contributed by atoms with Gasteiger partial charge in [-0.15, -0.1) is 0 Å². The lowest BCUT2D eigenvalue weighted by Crippen LogP contribution is -1.94. The fraction of sp³-hybridized carbons (Fsp3) is 0.0667. The van der Waals surface area contributed by atoms with Crippen LogP contribution in [0.25, 0.3) is 28.3 Å². The van der Waals surface area contributed by atoms with Gasteiger partial charge in [-0.2, -0.15) is 10.2 Å². The van der Waals surface area contributed by atoms with Crippen molar-refractivity contribution in [1.29, 1.82) is 0 Å².